The summed E-state index contributed by atoms with van der Waals surface area (Å²) < 4.78 is 25.8. The number of hydrogen-bond acceptors (Lipinski definition) is 2. The molecule has 1 aromatic rings. The SMILES string of the molecule is CN(c1ccc(F)c(F)c1)C(C)(C)CCO. The highest BCUT2D eigenvalue weighted by Crippen LogP contribution is 2.25. The van der Waals surface area contributed by atoms with Crippen molar-refractivity contribution in [3.63, 3.8) is 0 Å². The van der Waals surface area contributed by atoms with Gasteiger partial charge in [0.05, 0.1) is 0 Å². The normalized spacial score (nSPS) is 11.6. The number of aliphatic hydroxyl groups is 1. The van der Waals surface area contributed by atoms with E-state index >= 15 is 0 Å². The van der Waals surface area contributed by atoms with E-state index in [0.29, 0.717) is 12.1 Å². The van der Waals surface area contributed by atoms with E-state index in [1.807, 2.05) is 18.7 Å². The van der Waals surface area contributed by atoms with Gasteiger partial charge in [0, 0.05) is 30.9 Å². The van der Waals surface area contributed by atoms with Crippen molar-refractivity contribution in [2.24, 2.45) is 0 Å². The molecule has 0 bridgehead atoms. The molecule has 0 heterocycles. The highest BCUT2D eigenvalue weighted by atomic mass is 19.2. The third kappa shape index (κ3) is 2.70. The van der Waals surface area contributed by atoms with Crippen LogP contribution in [-0.2, 0) is 0 Å². The van der Waals surface area contributed by atoms with Crippen LogP contribution in [0, 0.1) is 11.6 Å². The van der Waals surface area contributed by atoms with Crippen LogP contribution in [0.2, 0.25) is 0 Å². The molecule has 2 nitrogen and oxygen atoms in total. The Labute approximate surface area is 94.5 Å². The number of halogens is 2. The maximum absolute atomic E-state index is 13.1. The molecule has 0 aliphatic heterocycles. The monoisotopic (exact) mass is 229 g/mol. The number of hydrogen-bond donors (Lipinski definition) is 1. The van der Waals surface area contributed by atoms with Crippen molar-refractivity contribution in [2.45, 2.75) is 25.8 Å². The fraction of sp³-hybridized carbons (Fsp3) is 0.500. The van der Waals surface area contributed by atoms with E-state index in [2.05, 4.69) is 0 Å². The van der Waals surface area contributed by atoms with Crippen LogP contribution in [0.3, 0.4) is 0 Å². The molecule has 0 amide bonds. The lowest BCUT2D eigenvalue weighted by Gasteiger charge is -2.37. The molecule has 0 saturated heterocycles. The number of benzene rings is 1. The molecule has 0 radical (unpaired) electrons. The second-order valence-corrected chi connectivity index (χ2v) is 4.44. The van der Waals surface area contributed by atoms with Crippen molar-refractivity contribution in [2.75, 3.05) is 18.6 Å². The zero-order chi connectivity index (χ0) is 12.3. The van der Waals surface area contributed by atoms with Crippen LogP contribution in [0.5, 0.6) is 0 Å². The van der Waals surface area contributed by atoms with Gasteiger partial charge in [-0.05, 0) is 32.4 Å². The van der Waals surface area contributed by atoms with Crippen LogP contribution in [-0.4, -0.2) is 24.3 Å². The van der Waals surface area contributed by atoms with Gasteiger partial charge in [-0.15, -0.1) is 0 Å². The van der Waals surface area contributed by atoms with E-state index in [0.717, 1.165) is 12.1 Å². The van der Waals surface area contributed by atoms with Crippen molar-refractivity contribution in [1.82, 2.24) is 0 Å². The Hall–Kier alpha value is -1.16. The van der Waals surface area contributed by atoms with Gasteiger partial charge in [-0.25, -0.2) is 8.78 Å². The van der Waals surface area contributed by atoms with Gasteiger partial charge in [-0.1, -0.05) is 0 Å². The summed E-state index contributed by atoms with van der Waals surface area (Å²) in [7, 11) is 1.79. The van der Waals surface area contributed by atoms with E-state index in [9.17, 15) is 8.78 Å². The lowest BCUT2D eigenvalue weighted by atomic mass is 9.98. The van der Waals surface area contributed by atoms with Crippen molar-refractivity contribution in [1.29, 1.82) is 0 Å². The summed E-state index contributed by atoms with van der Waals surface area (Å²) in [5.41, 5.74) is 0.288. The van der Waals surface area contributed by atoms with Crippen LogP contribution >= 0.6 is 0 Å². The Bertz CT molecular complexity index is 366. The van der Waals surface area contributed by atoms with Crippen molar-refractivity contribution >= 4 is 5.69 Å². The maximum Gasteiger partial charge on any atom is 0.160 e. The molecule has 16 heavy (non-hydrogen) atoms. The highest BCUT2D eigenvalue weighted by Gasteiger charge is 2.23. The first kappa shape index (κ1) is 12.9. The van der Waals surface area contributed by atoms with Crippen molar-refractivity contribution < 1.29 is 13.9 Å². The Kier molecular flexibility index (Phi) is 3.86. The summed E-state index contributed by atoms with van der Waals surface area (Å²) in [4.78, 5) is 1.83. The first-order valence-corrected chi connectivity index (χ1v) is 5.18. The first-order valence-electron chi connectivity index (χ1n) is 5.18. The molecule has 0 unspecified atom stereocenters. The Balaban J connectivity index is 2.95. The topological polar surface area (TPSA) is 23.5 Å². The quantitative estimate of drug-likeness (QED) is 0.857. The van der Waals surface area contributed by atoms with Gasteiger partial charge in [0.2, 0.25) is 0 Å². The summed E-state index contributed by atoms with van der Waals surface area (Å²) in [6.07, 6.45) is 0.558. The average molecular weight is 229 g/mol. The molecule has 1 aromatic carbocycles. The summed E-state index contributed by atoms with van der Waals surface area (Å²) in [5.74, 6) is -1.71. The number of rotatable bonds is 4. The lowest BCUT2D eigenvalue weighted by molar-refractivity contribution is 0.250. The van der Waals surface area contributed by atoms with Crippen LogP contribution in [0.1, 0.15) is 20.3 Å². The lowest BCUT2D eigenvalue weighted by Crippen LogP contribution is -2.42. The molecule has 0 aliphatic rings. The van der Waals surface area contributed by atoms with Gasteiger partial charge in [-0.2, -0.15) is 0 Å². The molecule has 0 aliphatic carbocycles. The standard InChI is InChI=1S/C12H17F2NO/c1-12(2,6-7-16)15(3)9-4-5-10(13)11(14)8-9/h4-5,8,16H,6-7H2,1-3H3. The fourth-order valence-corrected chi connectivity index (χ4v) is 1.48. The minimum atomic E-state index is -0.857. The molecular formula is C12H17F2NO. The van der Waals surface area contributed by atoms with E-state index in [1.165, 1.54) is 6.07 Å². The molecule has 90 valence electrons. The molecule has 4 heteroatoms. The van der Waals surface area contributed by atoms with Gasteiger partial charge < -0.3 is 10.0 Å². The van der Waals surface area contributed by atoms with Gasteiger partial charge in [0.1, 0.15) is 0 Å². The maximum atomic E-state index is 13.1. The van der Waals surface area contributed by atoms with E-state index in [1.54, 1.807) is 7.05 Å². The Morgan fingerprint density at radius 3 is 2.38 bits per heavy atom. The first-order chi connectivity index (χ1) is 7.38. The third-order valence-corrected chi connectivity index (χ3v) is 2.92. The highest BCUT2D eigenvalue weighted by molar-refractivity contribution is 5.48. The van der Waals surface area contributed by atoms with E-state index in [4.69, 9.17) is 5.11 Å². The molecule has 0 spiro atoms. The predicted octanol–water partition coefficient (Wildman–Crippen LogP) is 2.56. The second-order valence-electron chi connectivity index (χ2n) is 4.44. The largest absolute Gasteiger partial charge is 0.396 e. The van der Waals surface area contributed by atoms with E-state index < -0.39 is 11.6 Å². The average Bonchev–Trinajstić information content (AvgIpc) is 2.21. The predicted molar refractivity (Wildman–Crippen MR) is 60.5 cm³/mol. The number of anilines is 1. The third-order valence-electron chi connectivity index (χ3n) is 2.92. The van der Waals surface area contributed by atoms with Crippen LogP contribution in [0.15, 0.2) is 18.2 Å². The second kappa shape index (κ2) is 4.78. The van der Waals surface area contributed by atoms with Crippen LogP contribution in [0.25, 0.3) is 0 Å². The summed E-state index contributed by atoms with van der Waals surface area (Å²) in [5, 5.41) is 8.94. The minimum absolute atomic E-state index is 0.0566. The molecule has 1 rings (SSSR count). The van der Waals surface area contributed by atoms with Gasteiger partial charge in [0.15, 0.2) is 11.6 Å². The Morgan fingerprint density at radius 2 is 1.88 bits per heavy atom. The smallest absolute Gasteiger partial charge is 0.160 e. The van der Waals surface area contributed by atoms with Crippen LogP contribution < -0.4 is 4.90 Å². The van der Waals surface area contributed by atoms with Gasteiger partial charge >= 0.3 is 0 Å². The number of nitrogens with zero attached hydrogens (tertiary/aromatic N) is 1. The molecule has 0 aromatic heterocycles. The molecular weight excluding hydrogens is 212 g/mol. The molecule has 0 fully saturated rings. The summed E-state index contributed by atoms with van der Waals surface area (Å²) in [6, 6.07) is 3.79. The fourth-order valence-electron chi connectivity index (χ4n) is 1.48. The summed E-state index contributed by atoms with van der Waals surface area (Å²) >= 11 is 0. The Morgan fingerprint density at radius 1 is 1.25 bits per heavy atom. The van der Waals surface area contributed by atoms with Crippen molar-refractivity contribution in [3.05, 3.63) is 29.8 Å². The van der Waals surface area contributed by atoms with E-state index in [-0.39, 0.29) is 12.1 Å². The number of aliphatic hydroxyl groups excluding tert-OH is 1. The molecule has 0 atom stereocenters. The van der Waals surface area contributed by atoms with Gasteiger partial charge in [0.25, 0.3) is 0 Å². The molecule has 1 N–H and O–H groups in total. The zero-order valence-corrected chi connectivity index (χ0v) is 9.80. The zero-order valence-electron chi connectivity index (χ0n) is 9.80. The van der Waals surface area contributed by atoms with Crippen LogP contribution in [0.4, 0.5) is 14.5 Å². The molecule has 0 saturated carbocycles. The van der Waals surface area contributed by atoms with Crippen molar-refractivity contribution in [3.8, 4) is 0 Å². The minimum Gasteiger partial charge on any atom is -0.396 e. The summed E-state index contributed by atoms with van der Waals surface area (Å²) in [6.45, 7) is 3.93. The van der Waals surface area contributed by atoms with Gasteiger partial charge in [-0.3, -0.25) is 0 Å².